The number of nitrogen functional groups attached to an aromatic ring is 2. The first-order valence-corrected chi connectivity index (χ1v) is 7.94. The Morgan fingerprint density at radius 1 is 1.24 bits per heavy atom. The van der Waals surface area contributed by atoms with Crippen molar-refractivity contribution in [1.29, 1.82) is 10.5 Å². The molecule has 0 saturated heterocycles. The van der Waals surface area contributed by atoms with E-state index >= 15 is 0 Å². The highest BCUT2D eigenvalue weighted by atomic mass is 19.4. The predicted octanol–water partition coefficient (Wildman–Crippen LogP) is 2.53. The van der Waals surface area contributed by atoms with Gasteiger partial charge in [0.2, 0.25) is 5.96 Å². The van der Waals surface area contributed by atoms with Gasteiger partial charge in [0.25, 0.3) is 0 Å². The van der Waals surface area contributed by atoms with Gasteiger partial charge in [0.15, 0.2) is 6.19 Å². The number of nitriles is 2. The van der Waals surface area contributed by atoms with E-state index in [-0.39, 0.29) is 40.0 Å². The number of nitrogens with zero attached hydrogens (tertiary/aromatic N) is 4. The summed E-state index contributed by atoms with van der Waals surface area (Å²) >= 11 is 0. The van der Waals surface area contributed by atoms with Gasteiger partial charge in [0.05, 0.1) is 11.3 Å². The first-order chi connectivity index (χ1) is 13.6. The van der Waals surface area contributed by atoms with E-state index in [1.54, 1.807) is 12.3 Å². The maximum absolute atomic E-state index is 14.9. The lowest BCUT2D eigenvalue weighted by Gasteiger charge is -2.27. The van der Waals surface area contributed by atoms with Crippen LogP contribution in [0.1, 0.15) is 33.9 Å². The van der Waals surface area contributed by atoms with E-state index in [0.717, 1.165) is 0 Å². The van der Waals surface area contributed by atoms with Crippen LogP contribution in [-0.4, -0.2) is 10.9 Å². The maximum Gasteiger partial charge on any atom is 0.419 e. The summed E-state index contributed by atoms with van der Waals surface area (Å²) < 4.78 is 54.7. The molecule has 148 valence electrons. The second kappa shape index (κ2) is 6.83. The molecule has 1 atom stereocenters. The molecule has 2 heterocycles. The van der Waals surface area contributed by atoms with E-state index < -0.39 is 29.2 Å². The molecule has 0 aliphatic carbocycles. The maximum atomic E-state index is 14.9. The van der Waals surface area contributed by atoms with Gasteiger partial charge in [0.1, 0.15) is 35.1 Å². The lowest BCUT2D eigenvalue weighted by atomic mass is 9.92. The zero-order valence-corrected chi connectivity index (χ0v) is 14.7. The summed E-state index contributed by atoms with van der Waals surface area (Å²) in [5.41, 5.74) is 9.44. The fraction of sp³-hybridized carbons (Fsp3) is 0.176. The quantitative estimate of drug-likeness (QED) is 0.324. The SMILES string of the molecule is Cc1cc(C2N=C(NC#N)Nc3nc(N)c(C#N)c(N)c32)c(F)c(C(F)(F)F)c1. The van der Waals surface area contributed by atoms with Gasteiger partial charge in [-0.3, -0.25) is 5.32 Å². The van der Waals surface area contributed by atoms with Gasteiger partial charge >= 0.3 is 6.18 Å². The third kappa shape index (κ3) is 3.32. The number of aryl methyl sites for hydroxylation is 1. The first kappa shape index (κ1) is 19.7. The molecule has 0 radical (unpaired) electrons. The summed E-state index contributed by atoms with van der Waals surface area (Å²) in [5.74, 6) is -2.05. The van der Waals surface area contributed by atoms with Crippen LogP contribution in [0.15, 0.2) is 17.1 Å². The Kier molecular flexibility index (Phi) is 4.64. The molecule has 0 fully saturated rings. The van der Waals surface area contributed by atoms with Crippen LogP contribution in [0.2, 0.25) is 0 Å². The molecule has 0 bridgehead atoms. The van der Waals surface area contributed by atoms with Gasteiger partial charge < -0.3 is 16.8 Å². The van der Waals surface area contributed by atoms with Crippen LogP contribution >= 0.6 is 0 Å². The number of aliphatic imine (C=N–C) groups is 1. The van der Waals surface area contributed by atoms with Gasteiger partial charge in [-0.15, -0.1) is 0 Å². The van der Waals surface area contributed by atoms with E-state index in [1.807, 2.05) is 0 Å². The predicted molar refractivity (Wildman–Crippen MR) is 95.6 cm³/mol. The molecule has 29 heavy (non-hydrogen) atoms. The average molecular weight is 404 g/mol. The molecule has 12 heteroatoms. The van der Waals surface area contributed by atoms with Gasteiger partial charge in [-0.25, -0.2) is 14.4 Å². The molecule has 6 N–H and O–H groups in total. The molecular formula is C17H12F4N8. The smallest absolute Gasteiger partial charge is 0.397 e. The van der Waals surface area contributed by atoms with Crippen LogP contribution in [0.5, 0.6) is 0 Å². The van der Waals surface area contributed by atoms with Crippen LogP contribution in [0.3, 0.4) is 0 Å². The van der Waals surface area contributed by atoms with Crippen LogP contribution in [0, 0.1) is 35.5 Å². The van der Waals surface area contributed by atoms with Crippen molar-refractivity contribution < 1.29 is 17.6 Å². The molecule has 0 amide bonds. The minimum Gasteiger partial charge on any atom is -0.397 e. The number of hydrogen-bond donors (Lipinski definition) is 4. The second-order valence-electron chi connectivity index (χ2n) is 6.12. The van der Waals surface area contributed by atoms with Crippen LogP contribution in [-0.2, 0) is 6.18 Å². The Bertz CT molecular complexity index is 1120. The number of guanidine groups is 1. The largest absolute Gasteiger partial charge is 0.419 e. The Morgan fingerprint density at radius 3 is 2.52 bits per heavy atom. The van der Waals surface area contributed by atoms with Gasteiger partial charge in [-0.2, -0.15) is 23.7 Å². The zero-order valence-electron chi connectivity index (χ0n) is 14.7. The number of anilines is 3. The molecule has 1 aliphatic heterocycles. The average Bonchev–Trinajstić information content (AvgIpc) is 2.62. The fourth-order valence-electron chi connectivity index (χ4n) is 3.01. The van der Waals surface area contributed by atoms with E-state index in [4.69, 9.17) is 16.7 Å². The van der Waals surface area contributed by atoms with E-state index in [1.165, 1.54) is 13.0 Å². The highest BCUT2D eigenvalue weighted by Gasteiger charge is 2.38. The standard InChI is InChI=1S/C17H12F4N8/c1-6-2-7(11(18)9(3-6)17(19,20)21)13-10-12(24)8(4-22)14(25)28-15(10)29-16(27-13)26-5-23/h2-3,13H,1H3,(H6,24,25,26,27,28,29). The number of fused-ring (bicyclic) bond motifs is 1. The van der Waals surface area contributed by atoms with Crippen molar-refractivity contribution in [3.05, 3.63) is 45.8 Å². The van der Waals surface area contributed by atoms with Crippen LogP contribution in [0.25, 0.3) is 0 Å². The normalized spacial score (nSPS) is 15.4. The fourth-order valence-corrected chi connectivity index (χ4v) is 3.01. The van der Waals surface area contributed by atoms with Crippen LogP contribution < -0.4 is 22.1 Å². The number of rotatable bonds is 1. The molecule has 1 aromatic carbocycles. The summed E-state index contributed by atoms with van der Waals surface area (Å²) in [5, 5.41) is 22.9. The van der Waals surface area contributed by atoms with Crippen molar-refractivity contribution in [2.75, 3.05) is 16.8 Å². The molecule has 1 aliphatic rings. The Balaban J connectivity index is 2.35. The summed E-state index contributed by atoms with van der Waals surface area (Å²) in [4.78, 5) is 8.03. The number of nitrogens with one attached hydrogen (secondary N) is 2. The summed E-state index contributed by atoms with van der Waals surface area (Å²) in [6.07, 6.45) is -3.35. The molecule has 1 aromatic heterocycles. The van der Waals surface area contributed by atoms with Crippen molar-refractivity contribution in [2.24, 2.45) is 4.99 Å². The Morgan fingerprint density at radius 2 is 1.93 bits per heavy atom. The number of aromatic nitrogens is 1. The Labute approximate surface area is 161 Å². The van der Waals surface area contributed by atoms with E-state index in [0.29, 0.717) is 6.07 Å². The number of pyridine rings is 1. The minimum absolute atomic E-state index is 0.0307. The van der Waals surface area contributed by atoms with Gasteiger partial charge in [-0.05, 0) is 18.6 Å². The number of alkyl halides is 3. The number of hydrogen-bond acceptors (Lipinski definition) is 8. The third-order valence-corrected chi connectivity index (χ3v) is 4.20. The highest BCUT2D eigenvalue weighted by Crippen LogP contribution is 2.43. The number of nitrogens with two attached hydrogens (primary N) is 2. The topological polar surface area (TPSA) is 149 Å². The highest BCUT2D eigenvalue weighted by molar-refractivity contribution is 5.98. The number of benzene rings is 1. The van der Waals surface area contributed by atoms with Crippen molar-refractivity contribution in [3.63, 3.8) is 0 Å². The third-order valence-electron chi connectivity index (χ3n) is 4.20. The zero-order chi connectivity index (χ0) is 21.5. The van der Waals surface area contributed by atoms with Crippen LogP contribution in [0.4, 0.5) is 34.9 Å². The Hall–Kier alpha value is -4.06. The summed E-state index contributed by atoms with van der Waals surface area (Å²) in [6.45, 7) is 1.36. The van der Waals surface area contributed by atoms with E-state index in [9.17, 15) is 22.8 Å². The molecule has 1 unspecified atom stereocenters. The summed E-state index contributed by atoms with van der Waals surface area (Å²) in [7, 11) is 0. The van der Waals surface area contributed by atoms with Crippen molar-refractivity contribution >= 4 is 23.3 Å². The number of halogens is 4. The van der Waals surface area contributed by atoms with Crippen molar-refractivity contribution in [3.8, 4) is 12.3 Å². The van der Waals surface area contributed by atoms with Crippen molar-refractivity contribution in [2.45, 2.75) is 19.1 Å². The lowest BCUT2D eigenvalue weighted by Crippen LogP contribution is -2.33. The molecule has 0 saturated carbocycles. The van der Waals surface area contributed by atoms with Gasteiger partial charge in [0, 0.05) is 11.1 Å². The van der Waals surface area contributed by atoms with Crippen molar-refractivity contribution in [1.82, 2.24) is 10.3 Å². The molecule has 2 aromatic rings. The monoisotopic (exact) mass is 404 g/mol. The van der Waals surface area contributed by atoms with E-state index in [2.05, 4.69) is 20.6 Å². The molecule has 8 nitrogen and oxygen atoms in total. The molecular weight excluding hydrogens is 392 g/mol. The molecule has 3 rings (SSSR count). The minimum atomic E-state index is -4.94. The summed E-state index contributed by atoms with van der Waals surface area (Å²) in [6, 6.07) is 2.19. The van der Waals surface area contributed by atoms with Gasteiger partial charge in [-0.1, -0.05) is 6.07 Å². The molecule has 0 spiro atoms. The lowest BCUT2D eigenvalue weighted by molar-refractivity contribution is -0.140. The second-order valence-corrected chi connectivity index (χ2v) is 6.12. The first-order valence-electron chi connectivity index (χ1n) is 7.94.